The van der Waals surface area contributed by atoms with Gasteiger partial charge >= 0.3 is 6.18 Å². The van der Waals surface area contributed by atoms with Crippen molar-refractivity contribution in [2.24, 2.45) is 5.84 Å². The van der Waals surface area contributed by atoms with E-state index in [9.17, 15) is 22.8 Å². The predicted molar refractivity (Wildman–Crippen MR) is 101 cm³/mol. The first-order valence-corrected chi connectivity index (χ1v) is 8.89. The topological polar surface area (TPSA) is 112 Å². The van der Waals surface area contributed by atoms with Crippen molar-refractivity contribution in [1.82, 2.24) is 15.1 Å². The maximum atomic E-state index is 12.6. The fourth-order valence-electron chi connectivity index (χ4n) is 2.63. The molecule has 0 aliphatic rings. The van der Waals surface area contributed by atoms with E-state index in [0.717, 1.165) is 11.6 Å². The molecular formula is C20H17F3N4O4. The smallest absolute Gasteiger partial charge is 0.417 e. The Kier molecular flexibility index (Phi) is 6.07. The fourth-order valence-corrected chi connectivity index (χ4v) is 2.63. The molecule has 8 nitrogen and oxygen atoms in total. The molecule has 2 amide bonds. The summed E-state index contributed by atoms with van der Waals surface area (Å²) in [6.45, 7) is 3.66. The third-order valence-electron chi connectivity index (χ3n) is 4.39. The number of aryl methyl sites for hydroxylation is 2. The minimum Gasteiger partial charge on any atom is -0.489 e. The summed E-state index contributed by atoms with van der Waals surface area (Å²) in [5.74, 6) is 4.60. The normalized spacial score (nSPS) is 11.3. The molecule has 11 heteroatoms. The van der Waals surface area contributed by atoms with Crippen molar-refractivity contribution in [3.8, 4) is 5.75 Å². The predicted octanol–water partition coefficient (Wildman–Crippen LogP) is 3.44. The van der Waals surface area contributed by atoms with Crippen molar-refractivity contribution in [3.63, 3.8) is 0 Å². The van der Waals surface area contributed by atoms with Gasteiger partial charge in [-0.05, 0) is 44.2 Å². The van der Waals surface area contributed by atoms with E-state index in [0.29, 0.717) is 29.5 Å². The van der Waals surface area contributed by atoms with Crippen molar-refractivity contribution in [2.45, 2.75) is 26.6 Å². The molecule has 0 bridgehead atoms. The lowest BCUT2D eigenvalue weighted by Crippen LogP contribution is -2.43. The number of rotatable bonds is 5. The summed E-state index contributed by atoms with van der Waals surface area (Å²) in [5, 5.41) is 4.11. The van der Waals surface area contributed by atoms with E-state index in [1.54, 1.807) is 19.9 Å². The number of carbonyl (C=O) groups excluding carboxylic acids is 2. The van der Waals surface area contributed by atoms with Crippen molar-refractivity contribution < 1.29 is 32.0 Å². The molecule has 0 spiro atoms. The molecule has 0 atom stereocenters. The Morgan fingerprint density at radius 3 is 2.48 bits per heavy atom. The van der Waals surface area contributed by atoms with Crippen LogP contribution in [0.25, 0.3) is 0 Å². The standard InChI is InChI=1S/C20H17F3N4O4/c1-11-16(12(2)31-26-11)10-30-15-5-3-4-13(8-15)18(28)27(24)19(29)17-7-6-14(9-25-17)20(21,22)23/h3-9H,10,24H2,1-2H3. The summed E-state index contributed by atoms with van der Waals surface area (Å²) in [7, 11) is 0. The summed E-state index contributed by atoms with van der Waals surface area (Å²) in [6.07, 6.45) is -4.11. The molecule has 31 heavy (non-hydrogen) atoms. The third kappa shape index (κ3) is 4.89. The molecule has 0 saturated heterocycles. The molecule has 0 fully saturated rings. The molecule has 1 aromatic carbocycles. The number of alkyl halides is 3. The van der Waals surface area contributed by atoms with Gasteiger partial charge in [0.1, 0.15) is 23.8 Å². The number of benzene rings is 1. The largest absolute Gasteiger partial charge is 0.489 e. The van der Waals surface area contributed by atoms with Crippen LogP contribution >= 0.6 is 0 Å². The highest BCUT2D eigenvalue weighted by molar-refractivity contribution is 6.09. The Hall–Kier alpha value is -3.73. The van der Waals surface area contributed by atoms with Gasteiger partial charge in [-0.2, -0.15) is 13.2 Å². The van der Waals surface area contributed by atoms with Crippen molar-refractivity contribution in [2.75, 3.05) is 0 Å². The SMILES string of the molecule is Cc1noc(C)c1COc1cccc(C(=O)N(N)C(=O)c2ccc(C(F)(F)F)cn2)c1. The highest BCUT2D eigenvalue weighted by atomic mass is 19.4. The summed E-state index contributed by atoms with van der Waals surface area (Å²) < 4.78 is 48.6. The van der Waals surface area contributed by atoms with Crippen LogP contribution in [-0.2, 0) is 12.8 Å². The number of nitrogens with zero attached hydrogens (tertiary/aromatic N) is 3. The minimum absolute atomic E-state index is 0.0408. The first kappa shape index (κ1) is 22.0. The Bertz CT molecular complexity index is 1090. The van der Waals surface area contributed by atoms with Crippen molar-refractivity contribution in [3.05, 3.63) is 76.4 Å². The van der Waals surface area contributed by atoms with Crippen LogP contribution in [0.4, 0.5) is 13.2 Å². The van der Waals surface area contributed by atoms with E-state index in [1.165, 1.54) is 18.2 Å². The molecule has 3 rings (SSSR count). The summed E-state index contributed by atoms with van der Waals surface area (Å²) in [6, 6.07) is 7.47. The van der Waals surface area contributed by atoms with Crippen LogP contribution in [0.2, 0.25) is 0 Å². The zero-order valence-electron chi connectivity index (χ0n) is 16.4. The zero-order chi connectivity index (χ0) is 22.8. The first-order chi connectivity index (χ1) is 14.6. The zero-order valence-corrected chi connectivity index (χ0v) is 16.4. The molecular weight excluding hydrogens is 417 g/mol. The van der Waals surface area contributed by atoms with Crippen LogP contribution in [0.3, 0.4) is 0 Å². The van der Waals surface area contributed by atoms with Gasteiger partial charge in [-0.1, -0.05) is 11.2 Å². The number of hydrogen-bond acceptors (Lipinski definition) is 7. The van der Waals surface area contributed by atoms with Gasteiger partial charge in [0.15, 0.2) is 0 Å². The molecule has 2 heterocycles. The Labute approximate surface area is 174 Å². The molecule has 0 radical (unpaired) electrons. The Morgan fingerprint density at radius 2 is 1.90 bits per heavy atom. The second-order valence-corrected chi connectivity index (χ2v) is 6.53. The van der Waals surface area contributed by atoms with Crippen LogP contribution in [0.5, 0.6) is 5.75 Å². The van der Waals surface area contributed by atoms with Gasteiger partial charge in [0.05, 0.1) is 16.8 Å². The van der Waals surface area contributed by atoms with Crippen LogP contribution in [0.1, 0.15) is 43.4 Å². The minimum atomic E-state index is -4.60. The molecule has 2 aromatic heterocycles. The summed E-state index contributed by atoms with van der Waals surface area (Å²) in [5.41, 5.74) is 0.0454. The van der Waals surface area contributed by atoms with Crippen molar-refractivity contribution >= 4 is 11.8 Å². The van der Waals surface area contributed by atoms with E-state index in [4.69, 9.17) is 15.1 Å². The summed E-state index contributed by atoms with van der Waals surface area (Å²) >= 11 is 0. The van der Waals surface area contributed by atoms with E-state index >= 15 is 0 Å². The molecule has 2 N–H and O–H groups in total. The lowest BCUT2D eigenvalue weighted by atomic mass is 10.2. The number of aromatic nitrogens is 2. The highest BCUT2D eigenvalue weighted by Crippen LogP contribution is 2.28. The van der Waals surface area contributed by atoms with Crippen LogP contribution < -0.4 is 10.6 Å². The van der Waals surface area contributed by atoms with E-state index < -0.39 is 29.2 Å². The van der Waals surface area contributed by atoms with Crippen LogP contribution in [0, 0.1) is 13.8 Å². The number of pyridine rings is 1. The van der Waals surface area contributed by atoms with Crippen LogP contribution in [0.15, 0.2) is 47.1 Å². The monoisotopic (exact) mass is 434 g/mol. The van der Waals surface area contributed by atoms with Gasteiger partial charge in [0, 0.05) is 11.8 Å². The van der Waals surface area contributed by atoms with Gasteiger partial charge in [-0.15, -0.1) is 0 Å². The van der Waals surface area contributed by atoms with Crippen molar-refractivity contribution in [1.29, 1.82) is 0 Å². The number of halogens is 3. The molecule has 162 valence electrons. The molecule has 0 saturated carbocycles. The van der Waals surface area contributed by atoms with Gasteiger partial charge < -0.3 is 9.26 Å². The molecule has 0 aliphatic carbocycles. The maximum Gasteiger partial charge on any atom is 0.417 e. The van der Waals surface area contributed by atoms with E-state index in [2.05, 4.69) is 10.1 Å². The van der Waals surface area contributed by atoms with E-state index in [1.807, 2.05) is 0 Å². The average molecular weight is 434 g/mol. The van der Waals surface area contributed by atoms with Gasteiger partial charge in [0.25, 0.3) is 11.8 Å². The Morgan fingerprint density at radius 1 is 1.16 bits per heavy atom. The quantitative estimate of drug-likeness (QED) is 0.283. The number of imide groups is 1. The number of nitrogens with two attached hydrogens (primary N) is 1. The number of amides is 2. The fraction of sp³-hybridized carbons (Fsp3) is 0.200. The lowest BCUT2D eigenvalue weighted by molar-refractivity contribution is -0.137. The van der Waals surface area contributed by atoms with Gasteiger partial charge in [-0.3, -0.25) is 14.6 Å². The number of carbonyl (C=O) groups is 2. The molecule has 0 aliphatic heterocycles. The second-order valence-electron chi connectivity index (χ2n) is 6.53. The molecule has 3 aromatic rings. The number of hydrogen-bond donors (Lipinski definition) is 1. The lowest BCUT2D eigenvalue weighted by Gasteiger charge is -2.15. The van der Waals surface area contributed by atoms with Gasteiger partial charge in [-0.25, -0.2) is 10.9 Å². The highest BCUT2D eigenvalue weighted by Gasteiger charge is 2.31. The maximum absolute atomic E-state index is 12.6. The number of hydrazine groups is 1. The second kappa shape index (κ2) is 8.56. The summed E-state index contributed by atoms with van der Waals surface area (Å²) in [4.78, 5) is 28.4. The van der Waals surface area contributed by atoms with E-state index in [-0.39, 0.29) is 17.2 Å². The number of ether oxygens (including phenoxy) is 1. The first-order valence-electron chi connectivity index (χ1n) is 8.89. The molecule has 0 unspecified atom stereocenters. The average Bonchev–Trinajstić information content (AvgIpc) is 3.07. The Balaban J connectivity index is 1.71. The van der Waals surface area contributed by atoms with Crippen LogP contribution in [-0.4, -0.2) is 27.0 Å². The third-order valence-corrected chi connectivity index (χ3v) is 4.39. The van der Waals surface area contributed by atoms with Gasteiger partial charge in [0.2, 0.25) is 0 Å².